The number of pyridine rings is 1. The second-order valence-corrected chi connectivity index (χ2v) is 6.67. The molecular weight excluding hydrogens is 316 g/mol. The van der Waals surface area contributed by atoms with Gasteiger partial charge >= 0.3 is 0 Å². The summed E-state index contributed by atoms with van der Waals surface area (Å²) in [5.74, 6) is 0. The van der Waals surface area contributed by atoms with Crippen molar-refractivity contribution in [3.63, 3.8) is 0 Å². The van der Waals surface area contributed by atoms with Gasteiger partial charge in [0.25, 0.3) is 0 Å². The molecule has 24 heavy (non-hydrogen) atoms. The standard InChI is InChI=1S/C21H37N.ClH.H3N/c1-2-3-4-5-6-7-8-9-10-11-12-13-14-15-18-21-19-16-17-20-22-21;;/h16-17,19-20H,2-15,18H2,1H3;1H;1H3. The number of unbranched alkanes of at least 4 members (excludes halogenated alkanes) is 13. The van der Waals surface area contributed by atoms with Gasteiger partial charge in [-0.05, 0) is 25.0 Å². The second-order valence-electron chi connectivity index (χ2n) is 6.67. The van der Waals surface area contributed by atoms with Crippen LogP contribution in [-0.2, 0) is 6.42 Å². The van der Waals surface area contributed by atoms with Crippen molar-refractivity contribution in [1.29, 1.82) is 0 Å². The van der Waals surface area contributed by atoms with Gasteiger partial charge in [-0.25, -0.2) is 0 Å². The number of aromatic nitrogens is 1. The van der Waals surface area contributed by atoms with E-state index >= 15 is 0 Å². The van der Waals surface area contributed by atoms with Gasteiger partial charge in [0, 0.05) is 11.9 Å². The van der Waals surface area contributed by atoms with Crippen molar-refractivity contribution in [2.45, 2.75) is 103 Å². The van der Waals surface area contributed by atoms with E-state index in [4.69, 9.17) is 0 Å². The average molecular weight is 357 g/mol. The fourth-order valence-corrected chi connectivity index (χ4v) is 3.05. The van der Waals surface area contributed by atoms with Crippen molar-refractivity contribution in [3.05, 3.63) is 30.1 Å². The molecule has 0 aliphatic heterocycles. The maximum absolute atomic E-state index is 4.38. The third kappa shape index (κ3) is 16.3. The molecule has 0 aliphatic rings. The summed E-state index contributed by atoms with van der Waals surface area (Å²) in [6, 6.07) is 6.23. The molecule has 0 atom stereocenters. The van der Waals surface area contributed by atoms with Crippen molar-refractivity contribution in [2.75, 3.05) is 0 Å². The monoisotopic (exact) mass is 356 g/mol. The largest absolute Gasteiger partial charge is 1.00 e. The molecule has 0 radical (unpaired) electrons. The lowest BCUT2D eigenvalue weighted by Crippen LogP contribution is -3.00. The molecule has 1 heterocycles. The second kappa shape index (κ2) is 20.4. The van der Waals surface area contributed by atoms with Crippen molar-refractivity contribution in [2.24, 2.45) is 0 Å². The van der Waals surface area contributed by atoms with Gasteiger partial charge in [-0.3, -0.25) is 4.98 Å². The molecule has 0 fully saturated rings. The molecule has 0 bridgehead atoms. The first-order valence-corrected chi connectivity index (χ1v) is 9.83. The first kappa shape index (κ1) is 25.6. The third-order valence-corrected chi connectivity index (χ3v) is 4.51. The summed E-state index contributed by atoms with van der Waals surface area (Å²) < 4.78 is 0. The van der Waals surface area contributed by atoms with Crippen molar-refractivity contribution < 1.29 is 12.4 Å². The van der Waals surface area contributed by atoms with Gasteiger partial charge < -0.3 is 18.6 Å². The molecule has 0 saturated carbocycles. The molecular formula is C21H41ClN2. The lowest BCUT2D eigenvalue weighted by atomic mass is 10.0. The van der Waals surface area contributed by atoms with E-state index in [2.05, 4.69) is 24.0 Å². The van der Waals surface area contributed by atoms with Gasteiger partial charge in [-0.2, -0.15) is 0 Å². The maximum Gasteiger partial charge on any atom is 0.0403 e. The number of nitrogens with zero attached hydrogens (tertiary/aromatic N) is 1. The smallest absolute Gasteiger partial charge is 0.0403 e. The predicted molar refractivity (Wildman–Crippen MR) is 104 cm³/mol. The molecule has 1 aromatic heterocycles. The molecule has 4 N–H and O–H groups in total. The maximum atomic E-state index is 4.38. The minimum atomic E-state index is 0. The highest BCUT2D eigenvalue weighted by atomic mass is 35.5. The van der Waals surface area contributed by atoms with Crippen molar-refractivity contribution in [3.8, 4) is 0 Å². The van der Waals surface area contributed by atoms with Gasteiger partial charge in [0.2, 0.25) is 0 Å². The highest BCUT2D eigenvalue weighted by Gasteiger charge is 1.95. The van der Waals surface area contributed by atoms with Crippen LogP contribution in [0.4, 0.5) is 0 Å². The molecule has 0 amide bonds. The number of rotatable bonds is 15. The normalized spacial score (nSPS) is 10.0. The Bertz CT molecular complexity index is 330. The van der Waals surface area contributed by atoms with E-state index in [0.717, 1.165) is 6.42 Å². The van der Waals surface area contributed by atoms with Gasteiger partial charge in [0.05, 0.1) is 0 Å². The molecule has 1 aromatic rings. The average Bonchev–Trinajstić information content (AvgIpc) is 2.56. The highest BCUT2D eigenvalue weighted by molar-refractivity contribution is 5.03. The van der Waals surface area contributed by atoms with Crippen LogP contribution < -0.4 is 18.6 Å². The lowest BCUT2D eigenvalue weighted by Gasteiger charge is -2.03. The van der Waals surface area contributed by atoms with Crippen LogP contribution in [0.25, 0.3) is 0 Å². The Morgan fingerprint density at radius 3 is 1.54 bits per heavy atom. The van der Waals surface area contributed by atoms with E-state index in [9.17, 15) is 0 Å². The molecule has 1 rings (SSSR count). The Hall–Kier alpha value is -0.600. The SMILES string of the molecule is CCCCCCCCCCCCCCCCc1ccccn1.[Cl-].[NH4+]. The van der Waals surface area contributed by atoms with E-state index in [1.54, 1.807) is 0 Å². The third-order valence-electron chi connectivity index (χ3n) is 4.51. The zero-order chi connectivity index (χ0) is 15.7. The quantitative estimate of drug-likeness (QED) is 0.462. The summed E-state index contributed by atoms with van der Waals surface area (Å²) in [5, 5.41) is 0. The van der Waals surface area contributed by atoms with E-state index < -0.39 is 0 Å². The van der Waals surface area contributed by atoms with E-state index in [1.807, 2.05) is 12.3 Å². The minimum absolute atomic E-state index is 0. The molecule has 2 nitrogen and oxygen atoms in total. The molecule has 3 heteroatoms. The summed E-state index contributed by atoms with van der Waals surface area (Å²) in [4.78, 5) is 4.38. The van der Waals surface area contributed by atoms with Crippen LogP contribution >= 0.6 is 0 Å². The fourth-order valence-electron chi connectivity index (χ4n) is 3.05. The molecule has 0 unspecified atom stereocenters. The summed E-state index contributed by atoms with van der Waals surface area (Å²) >= 11 is 0. The first-order chi connectivity index (χ1) is 10.9. The highest BCUT2D eigenvalue weighted by Crippen LogP contribution is 2.13. The lowest BCUT2D eigenvalue weighted by molar-refractivity contribution is -0.00000536. The van der Waals surface area contributed by atoms with Gasteiger partial charge in [-0.1, -0.05) is 96.5 Å². The summed E-state index contributed by atoms with van der Waals surface area (Å²) in [7, 11) is 0. The molecule has 0 spiro atoms. The first-order valence-electron chi connectivity index (χ1n) is 9.83. The predicted octanol–water partition coefficient (Wildman–Crippen LogP) is 4.49. The molecule has 0 aliphatic carbocycles. The summed E-state index contributed by atoms with van der Waals surface area (Å²) in [5.41, 5.74) is 1.25. The number of hydrogen-bond acceptors (Lipinski definition) is 1. The fraction of sp³-hybridized carbons (Fsp3) is 0.762. The Morgan fingerprint density at radius 2 is 1.12 bits per heavy atom. The van der Waals surface area contributed by atoms with E-state index in [1.165, 1.54) is 95.6 Å². The molecule has 0 aromatic carbocycles. The zero-order valence-electron chi connectivity index (χ0n) is 16.2. The van der Waals surface area contributed by atoms with E-state index in [-0.39, 0.29) is 18.6 Å². The Balaban J connectivity index is 0. The van der Waals surface area contributed by atoms with Gasteiger partial charge in [-0.15, -0.1) is 0 Å². The van der Waals surface area contributed by atoms with Crippen molar-refractivity contribution >= 4 is 0 Å². The van der Waals surface area contributed by atoms with Crippen LogP contribution in [0.1, 0.15) is 103 Å². The Morgan fingerprint density at radius 1 is 0.667 bits per heavy atom. The van der Waals surface area contributed by atoms with Crippen LogP contribution in [-0.4, -0.2) is 4.98 Å². The van der Waals surface area contributed by atoms with Crippen LogP contribution in [0, 0.1) is 0 Å². The number of quaternary nitrogens is 1. The van der Waals surface area contributed by atoms with Crippen LogP contribution in [0.15, 0.2) is 24.4 Å². The van der Waals surface area contributed by atoms with Crippen molar-refractivity contribution in [1.82, 2.24) is 11.1 Å². The Kier molecular flexibility index (Phi) is 21.8. The summed E-state index contributed by atoms with van der Waals surface area (Å²) in [6.07, 6.45) is 23.0. The minimum Gasteiger partial charge on any atom is -1.00 e. The van der Waals surface area contributed by atoms with Crippen LogP contribution in [0.3, 0.4) is 0 Å². The van der Waals surface area contributed by atoms with Gasteiger partial charge in [0.15, 0.2) is 0 Å². The topological polar surface area (TPSA) is 49.4 Å². The zero-order valence-corrected chi connectivity index (χ0v) is 17.0. The summed E-state index contributed by atoms with van der Waals surface area (Å²) in [6.45, 7) is 2.29. The Labute approximate surface area is 157 Å². The van der Waals surface area contributed by atoms with Crippen LogP contribution in [0.2, 0.25) is 0 Å². The number of hydrogen-bond donors (Lipinski definition) is 1. The van der Waals surface area contributed by atoms with Gasteiger partial charge in [0.1, 0.15) is 0 Å². The van der Waals surface area contributed by atoms with Crippen LogP contribution in [0.5, 0.6) is 0 Å². The molecule has 0 saturated heterocycles. The molecule has 142 valence electrons. The number of aryl methyl sites for hydroxylation is 1. The van der Waals surface area contributed by atoms with E-state index in [0.29, 0.717) is 0 Å². The number of halogens is 1.